The van der Waals surface area contributed by atoms with E-state index in [1.807, 2.05) is 13.8 Å². The molecule has 0 aliphatic rings. The number of nitrogens with zero attached hydrogens (tertiary/aromatic N) is 1. The lowest BCUT2D eigenvalue weighted by Crippen LogP contribution is -2.09. The van der Waals surface area contributed by atoms with Crippen LogP contribution in [-0.2, 0) is 0 Å². The molecule has 0 saturated heterocycles. The lowest BCUT2D eigenvalue weighted by atomic mass is 10.1. The second-order valence-corrected chi connectivity index (χ2v) is 3.71. The van der Waals surface area contributed by atoms with E-state index >= 15 is 0 Å². The maximum Gasteiger partial charge on any atom is 0.138 e. The molecule has 0 aliphatic carbocycles. The molecule has 4 heteroatoms. The molecule has 0 saturated carbocycles. The van der Waals surface area contributed by atoms with Gasteiger partial charge in [-0.05, 0) is 32.9 Å². The van der Waals surface area contributed by atoms with E-state index in [0.717, 1.165) is 5.56 Å². The first-order valence-electron chi connectivity index (χ1n) is 5.13. The molecule has 0 amide bonds. The highest BCUT2D eigenvalue weighted by Crippen LogP contribution is 2.20. The Morgan fingerprint density at radius 2 is 2.20 bits per heavy atom. The zero-order valence-corrected chi connectivity index (χ0v) is 9.18. The van der Waals surface area contributed by atoms with Crippen LogP contribution in [-0.4, -0.2) is 22.7 Å². The minimum atomic E-state index is -0.557. The number of ether oxygens (including phenoxy) is 1. The molecule has 0 radical (unpaired) electrons. The summed E-state index contributed by atoms with van der Waals surface area (Å²) in [6.45, 7) is 4.35. The van der Waals surface area contributed by atoms with Crippen molar-refractivity contribution in [3.63, 3.8) is 0 Å². The van der Waals surface area contributed by atoms with E-state index in [-0.39, 0.29) is 6.10 Å². The van der Waals surface area contributed by atoms with Crippen molar-refractivity contribution in [2.24, 2.45) is 5.73 Å². The molecule has 1 atom stereocenters. The van der Waals surface area contributed by atoms with Crippen LogP contribution in [0.4, 0.5) is 0 Å². The second kappa shape index (κ2) is 5.68. The van der Waals surface area contributed by atoms with Gasteiger partial charge < -0.3 is 15.6 Å². The van der Waals surface area contributed by atoms with Crippen LogP contribution >= 0.6 is 0 Å². The number of aliphatic hydroxyl groups is 1. The average Bonchev–Trinajstić information content (AvgIpc) is 2.17. The highest BCUT2D eigenvalue weighted by atomic mass is 16.5. The van der Waals surface area contributed by atoms with E-state index in [9.17, 15) is 5.11 Å². The number of pyridine rings is 1. The van der Waals surface area contributed by atoms with E-state index in [0.29, 0.717) is 18.7 Å². The van der Waals surface area contributed by atoms with Crippen LogP contribution in [0.5, 0.6) is 5.75 Å². The molecule has 1 heterocycles. The molecule has 3 N–H and O–H groups in total. The van der Waals surface area contributed by atoms with Gasteiger partial charge >= 0.3 is 0 Å². The average molecular weight is 210 g/mol. The van der Waals surface area contributed by atoms with Crippen molar-refractivity contribution in [3.8, 4) is 5.75 Å². The number of rotatable bonds is 5. The van der Waals surface area contributed by atoms with Crippen molar-refractivity contribution >= 4 is 0 Å². The minimum absolute atomic E-state index is 0.105. The largest absolute Gasteiger partial charge is 0.489 e. The molecule has 1 rings (SSSR count). The van der Waals surface area contributed by atoms with Gasteiger partial charge in [0.15, 0.2) is 0 Å². The maximum atomic E-state index is 9.70. The first kappa shape index (κ1) is 11.9. The Bertz CT molecular complexity index is 302. The van der Waals surface area contributed by atoms with Gasteiger partial charge in [-0.3, -0.25) is 4.98 Å². The zero-order chi connectivity index (χ0) is 11.3. The Morgan fingerprint density at radius 3 is 2.80 bits per heavy atom. The van der Waals surface area contributed by atoms with Crippen LogP contribution in [0.3, 0.4) is 0 Å². The molecule has 0 aliphatic heterocycles. The SMILES string of the molecule is CC(C)Oc1cncc(C(O)CCN)c1. The Hall–Kier alpha value is -1.13. The van der Waals surface area contributed by atoms with Crippen LogP contribution in [0.2, 0.25) is 0 Å². The van der Waals surface area contributed by atoms with Crippen molar-refractivity contribution in [3.05, 3.63) is 24.0 Å². The van der Waals surface area contributed by atoms with Gasteiger partial charge in [-0.1, -0.05) is 0 Å². The zero-order valence-electron chi connectivity index (χ0n) is 9.18. The van der Waals surface area contributed by atoms with Crippen molar-refractivity contribution < 1.29 is 9.84 Å². The molecular weight excluding hydrogens is 192 g/mol. The lowest BCUT2D eigenvalue weighted by Gasteiger charge is -2.13. The monoisotopic (exact) mass is 210 g/mol. The molecule has 0 aromatic carbocycles. The van der Waals surface area contributed by atoms with E-state index in [2.05, 4.69) is 4.98 Å². The highest BCUT2D eigenvalue weighted by Gasteiger charge is 2.08. The van der Waals surface area contributed by atoms with E-state index in [1.165, 1.54) is 0 Å². The molecule has 0 bridgehead atoms. The second-order valence-electron chi connectivity index (χ2n) is 3.71. The van der Waals surface area contributed by atoms with Gasteiger partial charge in [0, 0.05) is 11.8 Å². The summed E-state index contributed by atoms with van der Waals surface area (Å²) >= 11 is 0. The number of hydrogen-bond acceptors (Lipinski definition) is 4. The summed E-state index contributed by atoms with van der Waals surface area (Å²) in [4.78, 5) is 4.02. The van der Waals surface area contributed by atoms with Crippen LogP contribution in [0.1, 0.15) is 31.9 Å². The summed E-state index contributed by atoms with van der Waals surface area (Å²) in [5.41, 5.74) is 6.12. The van der Waals surface area contributed by atoms with Gasteiger partial charge in [-0.2, -0.15) is 0 Å². The third-order valence-corrected chi connectivity index (χ3v) is 1.93. The summed E-state index contributed by atoms with van der Waals surface area (Å²) in [6.07, 6.45) is 3.35. The van der Waals surface area contributed by atoms with Gasteiger partial charge in [0.25, 0.3) is 0 Å². The van der Waals surface area contributed by atoms with Crippen molar-refractivity contribution in [1.29, 1.82) is 0 Å². The molecule has 1 aromatic rings. The van der Waals surface area contributed by atoms with Gasteiger partial charge in [0.1, 0.15) is 5.75 Å². The standard InChI is InChI=1S/C11H18N2O2/c1-8(2)15-10-5-9(6-13-7-10)11(14)3-4-12/h5-8,11,14H,3-4,12H2,1-2H3. The van der Waals surface area contributed by atoms with Crippen molar-refractivity contribution in [2.75, 3.05) is 6.54 Å². The summed E-state index contributed by atoms with van der Waals surface area (Å²) < 4.78 is 5.48. The van der Waals surface area contributed by atoms with Crippen LogP contribution in [0.25, 0.3) is 0 Å². The fraction of sp³-hybridized carbons (Fsp3) is 0.545. The Morgan fingerprint density at radius 1 is 1.47 bits per heavy atom. The van der Waals surface area contributed by atoms with Gasteiger partial charge in [0.05, 0.1) is 18.4 Å². The molecule has 15 heavy (non-hydrogen) atoms. The summed E-state index contributed by atoms with van der Waals surface area (Å²) in [5, 5.41) is 9.70. The molecule has 0 spiro atoms. The summed E-state index contributed by atoms with van der Waals surface area (Å²) in [5.74, 6) is 0.679. The number of hydrogen-bond donors (Lipinski definition) is 2. The lowest BCUT2D eigenvalue weighted by molar-refractivity contribution is 0.168. The number of nitrogens with two attached hydrogens (primary N) is 1. The first-order chi connectivity index (χ1) is 7.13. The summed E-state index contributed by atoms with van der Waals surface area (Å²) in [6, 6.07) is 1.80. The van der Waals surface area contributed by atoms with Crippen LogP contribution < -0.4 is 10.5 Å². The smallest absolute Gasteiger partial charge is 0.138 e. The topological polar surface area (TPSA) is 68.4 Å². The number of aromatic nitrogens is 1. The first-order valence-corrected chi connectivity index (χ1v) is 5.13. The third kappa shape index (κ3) is 3.85. The van der Waals surface area contributed by atoms with E-state index < -0.39 is 6.10 Å². The van der Waals surface area contributed by atoms with Gasteiger partial charge in [0.2, 0.25) is 0 Å². The summed E-state index contributed by atoms with van der Waals surface area (Å²) in [7, 11) is 0. The number of aliphatic hydroxyl groups excluding tert-OH is 1. The van der Waals surface area contributed by atoms with E-state index in [4.69, 9.17) is 10.5 Å². The molecule has 0 fully saturated rings. The molecule has 84 valence electrons. The fourth-order valence-corrected chi connectivity index (χ4v) is 1.28. The Balaban J connectivity index is 2.73. The maximum absolute atomic E-state index is 9.70. The molecule has 4 nitrogen and oxygen atoms in total. The molecule has 1 unspecified atom stereocenters. The van der Waals surface area contributed by atoms with E-state index in [1.54, 1.807) is 18.5 Å². The predicted molar refractivity (Wildman–Crippen MR) is 58.6 cm³/mol. The predicted octanol–water partition coefficient (Wildman–Crippen LogP) is 1.25. The minimum Gasteiger partial charge on any atom is -0.489 e. The Labute approximate surface area is 90.1 Å². The third-order valence-electron chi connectivity index (χ3n) is 1.93. The van der Waals surface area contributed by atoms with Gasteiger partial charge in [-0.15, -0.1) is 0 Å². The van der Waals surface area contributed by atoms with Crippen LogP contribution in [0, 0.1) is 0 Å². The van der Waals surface area contributed by atoms with Crippen LogP contribution in [0.15, 0.2) is 18.5 Å². The quantitative estimate of drug-likeness (QED) is 0.767. The van der Waals surface area contributed by atoms with Crippen molar-refractivity contribution in [2.45, 2.75) is 32.5 Å². The Kier molecular flexibility index (Phi) is 4.52. The van der Waals surface area contributed by atoms with Crippen molar-refractivity contribution in [1.82, 2.24) is 4.98 Å². The highest BCUT2D eigenvalue weighted by molar-refractivity contribution is 5.25. The fourth-order valence-electron chi connectivity index (χ4n) is 1.28. The molecular formula is C11H18N2O2. The molecule has 1 aromatic heterocycles. The normalized spacial score (nSPS) is 12.9. The van der Waals surface area contributed by atoms with Gasteiger partial charge in [-0.25, -0.2) is 0 Å².